The van der Waals surface area contributed by atoms with Crippen LogP contribution in [-0.2, 0) is 26.2 Å². The highest BCUT2D eigenvalue weighted by atomic mass is 79.9. The number of sulfonamides is 1. The number of nitrogens with zero attached hydrogens (tertiary/aromatic N) is 2. The van der Waals surface area contributed by atoms with Gasteiger partial charge in [0, 0.05) is 24.6 Å². The van der Waals surface area contributed by atoms with Crippen molar-refractivity contribution in [2.45, 2.75) is 38.3 Å². The van der Waals surface area contributed by atoms with Crippen LogP contribution >= 0.6 is 15.9 Å². The van der Waals surface area contributed by atoms with Crippen molar-refractivity contribution in [2.75, 3.05) is 20.1 Å². The monoisotopic (exact) mass is 573 g/mol. The largest absolute Gasteiger partial charge is 0.354 e. The molecule has 0 aromatic heterocycles. The molecule has 3 aromatic carbocycles. The summed E-state index contributed by atoms with van der Waals surface area (Å²) >= 11 is 3.43. The molecule has 0 heterocycles. The molecule has 2 amide bonds. The van der Waals surface area contributed by atoms with E-state index >= 15 is 0 Å². The molecule has 3 aromatic rings. The van der Waals surface area contributed by atoms with Crippen molar-refractivity contribution in [3.8, 4) is 0 Å². The Labute approximate surface area is 221 Å². The van der Waals surface area contributed by atoms with Gasteiger partial charge in [0.1, 0.15) is 6.04 Å². The van der Waals surface area contributed by atoms with Crippen LogP contribution < -0.4 is 5.32 Å². The molecular formula is C27H32BrN3O4S. The zero-order valence-corrected chi connectivity index (χ0v) is 23.3. The minimum atomic E-state index is -3.93. The minimum Gasteiger partial charge on any atom is -0.354 e. The first kappa shape index (κ1) is 27.8. The number of amides is 2. The third kappa shape index (κ3) is 6.93. The molecule has 0 aliphatic carbocycles. The minimum absolute atomic E-state index is 0.109. The van der Waals surface area contributed by atoms with Crippen molar-refractivity contribution >= 4 is 48.5 Å². The van der Waals surface area contributed by atoms with Gasteiger partial charge in [0.15, 0.2) is 0 Å². The van der Waals surface area contributed by atoms with Gasteiger partial charge in [-0.15, -0.1) is 0 Å². The van der Waals surface area contributed by atoms with Gasteiger partial charge in [0.25, 0.3) is 0 Å². The first-order valence-corrected chi connectivity index (χ1v) is 14.0. The summed E-state index contributed by atoms with van der Waals surface area (Å²) in [4.78, 5) is 27.8. The fraction of sp³-hybridized carbons (Fsp3) is 0.333. The summed E-state index contributed by atoms with van der Waals surface area (Å²) in [5.41, 5.74) is 0.821. The first-order chi connectivity index (χ1) is 17.0. The van der Waals surface area contributed by atoms with E-state index < -0.39 is 28.5 Å². The molecule has 3 rings (SSSR count). The van der Waals surface area contributed by atoms with E-state index in [2.05, 4.69) is 21.2 Å². The Morgan fingerprint density at radius 1 is 0.944 bits per heavy atom. The van der Waals surface area contributed by atoms with Gasteiger partial charge in [-0.3, -0.25) is 9.59 Å². The summed E-state index contributed by atoms with van der Waals surface area (Å²) in [6, 6.07) is 19.0. The molecule has 192 valence electrons. The molecule has 0 bridgehead atoms. The topological polar surface area (TPSA) is 86.8 Å². The fourth-order valence-corrected chi connectivity index (χ4v) is 5.34. The number of nitrogens with one attached hydrogen (secondary N) is 1. The van der Waals surface area contributed by atoms with Crippen LogP contribution in [0, 0.1) is 5.92 Å². The third-order valence-corrected chi connectivity index (χ3v) is 8.17. The van der Waals surface area contributed by atoms with Crippen LogP contribution in [0.25, 0.3) is 10.8 Å². The van der Waals surface area contributed by atoms with E-state index in [0.29, 0.717) is 6.54 Å². The van der Waals surface area contributed by atoms with Crippen molar-refractivity contribution in [3.05, 3.63) is 76.8 Å². The molecule has 7 nitrogen and oxygen atoms in total. The van der Waals surface area contributed by atoms with E-state index in [-0.39, 0.29) is 23.3 Å². The normalized spacial score (nSPS) is 12.6. The zero-order valence-electron chi connectivity index (χ0n) is 20.9. The second-order valence-electron chi connectivity index (χ2n) is 9.24. The third-order valence-electron chi connectivity index (χ3n) is 5.88. The lowest BCUT2D eigenvalue weighted by atomic mass is 10.1. The molecule has 1 atom stereocenters. The summed E-state index contributed by atoms with van der Waals surface area (Å²) in [5, 5.41) is 4.59. The van der Waals surface area contributed by atoms with Crippen LogP contribution in [0.5, 0.6) is 0 Å². The standard InChI is InChI=1S/C27H32BrN3O4S/c1-19(2)16-29-27(33)20(3)31(17-21-8-7-11-24(28)14-21)26(32)18-30(4)36(34,35)25-13-12-22-9-5-6-10-23(22)15-25/h5-15,19-20H,16-18H2,1-4H3,(H,29,33)/t20-/m1/s1. The van der Waals surface area contributed by atoms with Crippen molar-refractivity contribution < 1.29 is 18.0 Å². The Hall–Kier alpha value is -2.75. The second-order valence-corrected chi connectivity index (χ2v) is 12.2. The van der Waals surface area contributed by atoms with Gasteiger partial charge in [0.2, 0.25) is 21.8 Å². The van der Waals surface area contributed by atoms with Crippen LogP contribution in [-0.4, -0.2) is 55.6 Å². The SMILES string of the molecule is CC(C)CNC(=O)[C@@H](C)N(Cc1cccc(Br)c1)C(=O)CN(C)S(=O)(=O)c1ccc2ccccc2c1. The molecule has 0 aliphatic rings. The van der Waals surface area contributed by atoms with Gasteiger partial charge >= 0.3 is 0 Å². The molecule has 0 saturated carbocycles. The van der Waals surface area contributed by atoms with Crippen molar-refractivity contribution in [3.63, 3.8) is 0 Å². The van der Waals surface area contributed by atoms with E-state index in [9.17, 15) is 18.0 Å². The molecule has 0 aliphatic heterocycles. The smallest absolute Gasteiger partial charge is 0.243 e. The maximum atomic E-state index is 13.4. The Morgan fingerprint density at radius 2 is 1.64 bits per heavy atom. The average molecular weight is 575 g/mol. The van der Waals surface area contributed by atoms with Crippen LogP contribution in [0.2, 0.25) is 0 Å². The Balaban J connectivity index is 1.83. The van der Waals surface area contributed by atoms with Crippen LogP contribution in [0.1, 0.15) is 26.3 Å². The number of fused-ring (bicyclic) bond motifs is 1. The molecule has 1 N–H and O–H groups in total. The van der Waals surface area contributed by atoms with Crippen LogP contribution in [0.3, 0.4) is 0 Å². The lowest BCUT2D eigenvalue weighted by molar-refractivity contribution is -0.140. The van der Waals surface area contributed by atoms with Crippen LogP contribution in [0.15, 0.2) is 76.1 Å². The van der Waals surface area contributed by atoms with Gasteiger partial charge in [0.05, 0.1) is 11.4 Å². The number of hydrogen-bond acceptors (Lipinski definition) is 4. The zero-order chi connectivity index (χ0) is 26.5. The van der Waals surface area contributed by atoms with E-state index in [1.165, 1.54) is 11.9 Å². The quantitative estimate of drug-likeness (QED) is 0.389. The molecule has 0 unspecified atom stereocenters. The molecular weight excluding hydrogens is 542 g/mol. The van der Waals surface area contributed by atoms with E-state index in [0.717, 1.165) is 25.1 Å². The summed E-state index contributed by atoms with van der Waals surface area (Å²) in [6.45, 7) is 5.88. The summed E-state index contributed by atoms with van der Waals surface area (Å²) in [7, 11) is -2.55. The predicted octanol–water partition coefficient (Wildman–Crippen LogP) is 4.41. The van der Waals surface area contributed by atoms with Gasteiger partial charge < -0.3 is 10.2 Å². The molecule has 0 radical (unpaired) electrons. The maximum absolute atomic E-state index is 13.4. The Bertz CT molecular complexity index is 1340. The van der Waals surface area contributed by atoms with Crippen molar-refractivity contribution in [1.82, 2.24) is 14.5 Å². The van der Waals surface area contributed by atoms with E-state index in [1.54, 1.807) is 25.1 Å². The number of benzene rings is 3. The molecule has 36 heavy (non-hydrogen) atoms. The van der Waals surface area contributed by atoms with Gasteiger partial charge in [-0.25, -0.2) is 8.42 Å². The highest BCUT2D eigenvalue weighted by Crippen LogP contribution is 2.22. The Morgan fingerprint density at radius 3 is 2.31 bits per heavy atom. The van der Waals surface area contributed by atoms with E-state index in [4.69, 9.17) is 0 Å². The first-order valence-electron chi connectivity index (χ1n) is 11.8. The predicted molar refractivity (Wildman–Crippen MR) is 146 cm³/mol. The van der Waals surface area contributed by atoms with Crippen molar-refractivity contribution in [1.29, 1.82) is 0 Å². The highest BCUT2D eigenvalue weighted by Gasteiger charge is 2.30. The van der Waals surface area contributed by atoms with Crippen LogP contribution in [0.4, 0.5) is 0 Å². The Kier molecular flexibility index (Phi) is 9.27. The lowest BCUT2D eigenvalue weighted by Gasteiger charge is -2.30. The average Bonchev–Trinajstić information content (AvgIpc) is 2.84. The van der Waals surface area contributed by atoms with Gasteiger partial charge in [-0.2, -0.15) is 4.31 Å². The lowest BCUT2D eigenvalue weighted by Crippen LogP contribution is -2.51. The molecule has 0 saturated heterocycles. The number of halogens is 1. The number of carbonyl (C=O) groups is 2. The maximum Gasteiger partial charge on any atom is 0.243 e. The number of rotatable bonds is 10. The molecule has 9 heteroatoms. The van der Waals surface area contributed by atoms with E-state index in [1.807, 2.05) is 62.4 Å². The second kappa shape index (κ2) is 12.0. The van der Waals surface area contributed by atoms with Crippen molar-refractivity contribution in [2.24, 2.45) is 5.92 Å². The fourth-order valence-electron chi connectivity index (χ4n) is 3.74. The van der Waals surface area contributed by atoms with Gasteiger partial charge in [-0.1, -0.05) is 72.2 Å². The molecule has 0 fully saturated rings. The highest BCUT2D eigenvalue weighted by molar-refractivity contribution is 9.10. The summed E-state index contributed by atoms with van der Waals surface area (Å²) < 4.78 is 28.5. The summed E-state index contributed by atoms with van der Waals surface area (Å²) in [6.07, 6.45) is 0. The van der Waals surface area contributed by atoms with Gasteiger partial charge in [-0.05, 0) is 53.4 Å². The number of hydrogen-bond donors (Lipinski definition) is 1. The number of carbonyl (C=O) groups excluding carboxylic acids is 2. The molecule has 0 spiro atoms. The number of likely N-dealkylation sites (N-methyl/N-ethyl adjacent to an activating group) is 1. The summed E-state index contributed by atoms with van der Waals surface area (Å²) in [5.74, 6) is -0.491.